The van der Waals surface area contributed by atoms with Crippen LogP contribution in [0.25, 0.3) is 0 Å². The lowest BCUT2D eigenvalue weighted by Crippen LogP contribution is -2.40. The number of fused-ring (bicyclic) bond motifs is 1. The number of aromatic nitrogens is 1. The van der Waals surface area contributed by atoms with Crippen molar-refractivity contribution in [2.75, 3.05) is 0 Å². The minimum Gasteiger partial charge on any atom is -0.480 e. The maximum atomic E-state index is 12.1. The number of amides is 1. The Hall–Kier alpha value is -2.36. The standard InChI is InChI=1S/C16H16N2O2/c19-16(18-11-12-4-3-9-17-10-12)15-8-7-13-5-1-2-6-14(13)20-15/h1-6,9-10,15H,7-8,11H2,(H,18,19)/t15-/m1/s1. The average Bonchev–Trinajstić information content (AvgIpc) is 2.53. The minimum atomic E-state index is -0.401. The van der Waals surface area contributed by atoms with Gasteiger partial charge >= 0.3 is 0 Å². The molecule has 4 nitrogen and oxygen atoms in total. The van der Waals surface area contributed by atoms with Crippen LogP contribution in [0, 0.1) is 0 Å². The van der Waals surface area contributed by atoms with E-state index in [0.29, 0.717) is 6.54 Å². The number of aryl methyl sites for hydroxylation is 1. The molecule has 2 aromatic rings. The van der Waals surface area contributed by atoms with Crippen LogP contribution in [-0.4, -0.2) is 17.0 Å². The van der Waals surface area contributed by atoms with E-state index in [0.717, 1.165) is 24.2 Å². The summed E-state index contributed by atoms with van der Waals surface area (Å²) in [5.41, 5.74) is 2.15. The van der Waals surface area contributed by atoms with Gasteiger partial charge in [0.2, 0.25) is 0 Å². The summed E-state index contributed by atoms with van der Waals surface area (Å²) >= 11 is 0. The Morgan fingerprint density at radius 3 is 3.05 bits per heavy atom. The van der Waals surface area contributed by atoms with Crippen molar-refractivity contribution in [3.8, 4) is 5.75 Å². The van der Waals surface area contributed by atoms with Gasteiger partial charge in [-0.05, 0) is 36.1 Å². The molecule has 0 unspecified atom stereocenters. The summed E-state index contributed by atoms with van der Waals surface area (Å²) in [4.78, 5) is 16.1. The Morgan fingerprint density at radius 1 is 1.30 bits per heavy atom. The zero-order valence-corrected chi connectivity index (χ0v) is 11.1. The van der Waals surface area contributed by atoms with Gasteiger partial charge in [0, 0.05) is 18.9 Å². The molecule has 0 bridgehead atoms. The molecule has 1 aromatic carbocycles. The number of ether oxygens (including phenoxy) is 1. The second kappa shape index (κ2) is 5.74. The number of pyridine rings is 1. The Kier molecular flexibility index (Phi) is 3.63. The van der Waals surface area contributed by atoms with E-state index >= 15 is 0 Å². The van der Waals surface area contributed by atoms with E-state index in [1.54, 1.807) is 12.4 Å². The lowest BCUT2D eigenvalue weighted by atomic mass is 10.0. The fourth-order valence-electron chi connectivity index (χ4n) is 2.31. The summed E-state index contributed by atoms with van der Waals surface area (Å²) in [6.07, 6.45) is 4.66. The van der Waals surface area contributed by atoms with Gasteiger partial charge in [-0.15, -0.1) is 0 Å². The molecule has 3 rings (SSSR count). The van der Waals surface area contributed by atoms with Gasteiger partial charge in [0.05, 0.1) is 0 Å². The van der Waals surface area contributed by atoms with Gasteiger partial charge in [0.15, 0.2) is 6.10 Å². The number of carbonyl (C=O) groups is 1. The Labute approximate surface area is 117 Å². The van der Waals surface area contributed by atoms with Crippen LogP contribution in [0.1, 0.15) is 17.5 Å². The van der Waals surface area contributed by atoms with Crippen molar-refractivity contribution in [3.63, 3.8) is 0 Å². The first kappa shape index (κ1) is 12.7. The zero-order chi connectivity index (χ0) is 13.8. The fraction of sp³-hybridized carbons (Fsp3) is 0.250. The van der Waals surface area contributed by atoms with Crippen molar-refractivity contribution < 1.29 is 9.53 Å². The number of benzene rings is 1. The Morgan fingerprint density at radius 2 is 2.20 bits per heavy atom. The van der Waals surface area contributed by atoms with E-state index in [1.165, 1.54) is 5.56 Å². The molecule has 0 spiro atoms. The second-order valence-electron chi connectivity index (χ2n) is 4.83. The SMILES string of the molecule is O=C(NCc1cccnc1)[C@H]1CCc2ccccc2O1. The molecule has 1 aromatic heterocycles. The average molecular weight is 268 g/mol. The molecule has 2 heterocycles. The molecule has 0 saturated carbocycles. The lowest BCUT2D eigenvalue weighted by molar-refractivity contribution is -0.128. The van der Waals surface area contributed by atoms with Crippen molar-refractivity contribution >= 4 is 5.91 Å². The largest absolute Gasteiger partial charge is 0.480 e. The first-order valence-electron chi connectivity index (χ1n) is 6.74. The van der Waals surface area contributed by atoms with Gasteiger partial charge in [-0.25, -0.2) is 0 Å². The van der Waals surface area contributed by atoms with E-state index in [4.69, 9.17) is 4.74 Å². The van der Waals surface area contributed by atoms with Crippen LogP contribution in [0.15, 0.2) is 48.8 Å². The normalized spacial score (nSPS) is 16.9. The molecular weight excluding hydrogens is 252 g/mol. The van der Waals surface area contributed by atoms with Gasteiger partial charge < -0.3 is 10.1 Å². The zero-order valence-electron chi connectivity index (χ0n) is 11.1. The van der Waals surface area contributed by atoms with Crippen molar-refractivity contribution in [3.05, 3.63) is 59.9 Å². The summed E-state index contributed by atoms with van der Waals surface area (Å²) < 4.78 is 5.75. The highest BCUT2D eigenvalue weighted by Gasteiger charge is 2.25. The summed E-state index contributed by atoms with van der Waals surface area (Å²) in [5.74, 6) is 0.753. The molecule has 1 aliphatic rings. The highest BCUT2D eigenvalue weighted by atomic mass is 16.5. The molecule has 20 heavy (non-hydrogen) atoms. The van der Waals surface area contributed by atoms with Crippen LogP contribution < -0.4 is 10.1 Å². The Balaban J connectivity index is 1.59. The van der Waals surface area contributed by atoms with Gasteiger partial charge in [-0.1, -0.05) is 24.3 Å². The van der Waals surface area contributed by atoms with Crippen LogP contribution in [0.2, 0.25) is 0 Å². The smallest absolute Gasteiger partial charge is 0.261 e. The molecule has 1 aliphatic heterocycles. The molecule has 0 saturated heterocycles. The van der Waals surface area contributed by atoms with E-state index < -0.39 is 6.10 Å². The highest BCUT2D eigenvalue weighted by molar-refractivity contribution is 5.81. The number of nitrogens with zero attached hydrogens (tertiary/aromatic N) is 1. The molecule has 0 aliphatic carbocycles. The summed E-state index contributed by atoms with van der Waals surface area (Å²) in [7, 11) is 0. The van der Waals surface area contributed by atoms with Crippen LogP contribution in [-0.2, 0) is 17.8 Å². The van der Waals surface area contributed by atoms with Crippen LogP contribution in [0.5, 0.6) is 5.75 Å². The number of hydrogen-bond acceptors (Lipinski definition) is 3. The van der Waals surface area contributed by atoms with E-state index in [-0.39, 0.29) is 5.91 Å². The second-order valence-corrected chi connectivity index (χ2v) is 4.83. The molecule has 0 fully saturated rings. The number of carbonyl (C=O) groups excluding carboxylic acids is 1. The molecule has 1 atom stereocenters. The third-order valence-electron chi connectivity index (χ3n) is 3.40. The molecule has 1 N–H and O–H groups in total. The maximum Gasteiger partial charge on any atom is 0.261 e. The molecule has 0 radical (unpaired) electrons. The first-order chi connectivity index (χ1) is 9.83. The van der Waals surface area contributed by atoms with E-state index in [9.17, 15) is 4.79 Å². The molecule has 4 heteroatoms. The quantitative estimate of drug-likeness (QED) is 0.927. The number of para-hydroxylation sites is 1. The lowest BCUT2D eigenvalue weighted by Gasteiger charge is -2.25. The topological polar surface area (TPSA) is 51.2 Å². The van der Waals surface area contributed by atoms with Gasteiger partial charge in [0.1, 0.15) is 5.75 Å². The van der Waals surface area contributed by atoms with Crippen molar-refractivity contribution in [2.45, 2.75) is 25.5 Å². The minimum absolute atomic E-state index is 0.0663. The molecule has 1 amide bonds. The van der Waals surface area contributed by atoms with Crippen LogP contribution in [0.3, 0.4) is 0 Å². The van der Waals surface area contributed by atoms with Crippen LogP contribution in [0.4, 0.5) is 0 Å². The maximum absolute atomic E-state index is 12.1. The van der Waals surface area contributed by atoms with Gasteiger partial charge in [0.25, 0.3) is 5.91 Å². The number of hydrogen-bond donors (Lipinski definition) is 1. The van der Waals surface area contributed by atoms with Crippen molar-refractivity contribution in [2.24, 2.45) is 0 Å². The van der Waals surface area contributed by atoms with Gasteiger partial charge in [-0.2, -0.15) is 0 Å². The van der Waals surface area contributed by atoms with Crippen molar-refractivity contribution in [1.29, 1.82) is 0 Å². The summed E-state index contributed by atoms with van der Waals surface area (Å²) in [6.45, 7) is 0.480. The summed E-state index contributed by atoms with van der Waals surface area (Å²) in [5, 5.41) is 2.90. The molecular formula is C16H16N2O2. The number of nitrogens with one attached hydrogen (secondary N) is 1. The van der Waals surface area contributed by atoms with Gasteiger partial charge in [-0.3, -0.25) is 9.78 Å². The predicted molar refractivity (Wildman–Crippen MR) is 75.3 cm³/mol. The van der Waals surface area contributed by atoms with E-state index in [2.05, 4.69) is 10.3 Å². The number of rotatable bonds is 3. The van der Waals surface area contributed by atoms with Crippen LogP contribution >= 0.6 is 0 Å². The van der Waals surface area contributed by atoms with E-state index in [1.807, 2.05) is 36.4 Å². The monoisotopic (exact) mass is 268 g/mol. The third-order valence-corrected chi connectivity index (χ3v) is 3.40. The third kappa shape index (κ3) is 2.79. The fourth-order valence-corrected chi connectivity index (χ4v) is 2.31. The first-order valence-corrected chi connectivity index (χ1v) is 6.74. The van der Waals surface area contributed by atoms with Crippen molar-refractivity contribution in [1.82, 2.24) is 10.3 Å². The highest BCUT2D eigenvalue weighted by Crippen LogP contribution is 2.26. The predicted octanol–water partition coefficient (Wildman–Crippen LogP) is 2.09. The summed E-state index contributed by atoms with van der Waals surface area (Å²) in [6, 6.07) is 11.7. The Bertz CT molecular complexity index is 598. The molecule has 102 valence electrons.